The largest absolute Gasteiger partial charge is 0.382 e. The first-order valence-electron chi connectivity index (χ1n) is 7.70. The molecule has 0 aliphatic carbocycles. The van der Waals surface area contributed by atoms with Crippen LogP contribution in [-0.2, 0) is 14.3 Å². The maximum atomic E-state index is 12.1. The van der Waals surface area contributed by atoms with Gasteiger partial charge in [-0.1, -0.05) is 29.3 Å². The fourth-order valence-electron chi connectivity index (χ4n) is 2.39. The Balaban J connectivity index is 1.63. The van der Waals surface area contributed by atoms with E-state index in [1.54, 1.807) is 30.5 Å². The Hall–Kier alpha value is -2.15. The molecule has 0 saturated heterocycles. The predicted octanol–water partition coefficient (Wildman–Crippen LogP) is 4.01. The lowest BCUT2D eigenvalue weighted by Crippen LogP contribution is -2.14. The van der Waals surface area contributed by atoms with E-state index in [1.807, 2.05) is 19.1 Å². The number of fused-ring (bicyclic) bond motifs is 1. The van der Waals surface area contributed by atoms with E-state index in [0.29, 0.717) is 11.6 Å². The molecular formula is C18H17ClN2O3S. The number of anilines is 1. The monoisotopic (exact) mass is 376 g/mol. The molecule has 7 heteroatoms. The zero-order valence-corrected chi connectivity index (χ0v) is 15.1. The molecule has 0 atom stereocenters. The lowest BCUT2D eigenvalue weighted by Gasteiger charge is -2.10. The van der Waals surface area contributed by atoms with Gasteiger partial charge in [-0.2, -0.15) is 8.42 Å². The third kappa shape index (κ3) is 4.28. The van der Waals surface area contributed by atoms with Gasteiger partial charge in [-0.3, -0.25) is 9.17 Å². The van der Waals surface area contributed by atoms with Crippen LogP contribution in [0.4, 0.5) is 5.69 Å². The molecule has 0 bridgehead atoms. The molecule has 2 aromatic carbocycles. The smallest absolute Gasteiger partial charge is 0.297 e. The van der Waals surface area contributed by atoms with Gasteiger partial charge in [0, 0.05) is 28.8 Å². The second-order valence-electron chi connectivity index (χ2n) is 5.54. The molecule has 0 saturated carbocycles. The molecule has 0 radical (unpaired) electrons. The van der Waals surface area contributed by atoms with Crippen LogP contribution >= 0.6 is 11.6 Å². The highest BCUT2D eigenvalue weighted by atomic mass is 35.5. The lowest BCUT2D eigenvalue weighted by molar-refractivity contribution is 0.331. The van der Waals surface area contributed by atoms with Crippen LogP contribution in [0.15, 0.2) is 59.6 Å². The number of rotatable bonds is 6. The van der Waals surface area contributed by atoms with E-state index in [4.69, 9.17) is 15.8 Å². The Bertz CT molecular complexity index is 989. The second kappa shape index (κ2) is 7.39. The molecule has 0 aliphatic rings. The Morgan fingerprint density at radius 1 is 1.12 bits per heavy atom. The average molecular weight is 377 g/mol. The van der Waals surface area contributed by atoms with Crippen LogP contribution in [-0.4, -0.2) is 26.6 Å². The molecule has 5 nitrogen and oxygen atoms in total. The van der Waals surface area contributed by atoms with Crippen LogP contribution in [0.5, 0.6) is 0 Å². The Kier molecular flexibility index (Phi) is 5.22. The summed E-state index contributed by atoms with van der Waals surface area (Å²) in [7, 11) is -3.75. The summed E-state index contributed by atoms with van der Waals surface area (Å²) in [5.74, 6) is 0. The molecule has 0 fully saturated rings. The van der Waals surface area contributed by atoms with Gasteiger partial charge in [-0.15, -0.1) is 0 Å². The normalized spacial score (nSPS) is 11.6. The van der Waals surface area contributed by atoms with Crippen LogP contribution in [0.1, 0.15) is 5.56 Å². The summed E-state index contributed by atoms with van der Waals surface area (Å²) in [6, 6.07) is 13.8. The number of nitrogens with zero attached hydrogens (tertiary/aromatic N) is 1. The third-order valence-corrected chi connectivity index (χ3v) is 5.23. The molecule has 1 heterocycles. The molecule has 3 rings (SSSR count). The van der Waals surface area contributed by atoms with E-state index in [1.165, 1.54) is 12.1 Å². The predicted molar refractivity (Wildman–Crippen MR) is 99.6 cm³/mol. The zero-order chi connectivity index (χ0) is 17.9. The van der Waals surface area contributed by atoms with Gasteiger partial charge in [0.2, 0.25) is 0 Å². The van der Waals surface area contributed by atoms with Crippen LogP contribution in [0.2, 0.25) is 5.02 Å². The first-order chi connectivity index (χ1) is 12.0. The summed E-state index contributed by atoms with van der Waals surface area (Å²) in [6.45, 7) is 2.26. The van der Waals surface area contributed by atoms with E-state index in [2.05, 4.69) is 10.3 Å². The van der Waals surface area contributed by atoms with Crippen molar-refractivity contribution in [2.75, 3.05) is 18.5 Å². The van der Waals surface area contributed by atoms with Gasteiger partial charge in [0.15, 0.2) is 0 Å². The number of aryl methyl sites for hydroxylation is 1. The summed E-state index contributed by atoms with van der Waals surface area (Å²) in [5.41, 5.74) is 2.61. The Morgan fingerprint density at radius 3 is 2.64 bits per heavy atom. The molecule has 3 aromatic rings. The van der Waals surface area contributed by atoms with Crippen molar-refractivity contribution in [1.82, 2.24) is 4.98 Å². The van der Waals surface area contributed by atoms with Crippen molar-refractivity contribution < 1.29 is 12.6 Å². The van der Waals surface area contributed by atoms with Crippen LogP contribution in [0.25, 0.3) is 10.9 Å². The first kappa shape index (κ1) is 17.7. The van der Waals surface area contributed by atoms with Gasteiger partial charge in [-0.25, -0.2) is 0 Å². The summed E-state index contributed by atoms with van der Waals surface area (Å²) in [6.07, 6.45) is 1.67. The van der Waals surface area contributed by atoms with Gasteiger partial charge in [-0.05, 0) is 43.3 Å². The number of nitrogens with one attached hydrogen (secondary N) is 1. The molecule has 0 aliphatic heterocycles. The number of hydrogen-bond donors (Lipinski definition) is 1. The topological polar surface area (TPSA) is 68.3 Å². The van der Waals surface area contributed by atoms with Crippen molar-refractivity contribution in [3.05, 3.63) is 65.3 Å². The zero-order valence-electron chi connectivity index (χ0n) is 13.6. The molecule has 1 aromatic heterocycles. The number of aromatic nitrogens is 1. The average Bonchev–Trinajstić information content (AvgIpc) is 2.59. The van der Waals surface area contributed by atoms with Gasteiger partial charge in [0.1, 0.15) is 0 Å². The van der Waals surface area contributed by atoms with E-state index in [9.17, 15) is 8.42 Å². The SMILES string of the molecule is Cc1ccc(S(=O)(=O)OCCNc2ccnc3cc(Cl)ccc23)cc1. The van der Waals surface area contributed by atoms with Gasteiger partial charge < -0.3 is 5.32 Å². The van der Waals surface area contributed by atoms with E-state index >= 15 is 0 Å². The molecule has 0 amide bonds. The maximum Gasteiger partial charge on any atom is 0.297 e. The third-order valence-electron chi connectivity index (χ3n) is 3.67. The van der Waals surface area contributed by atoms with E-state index in [0.717, 1.165) is 22.2 Å². The number of hydrogen-bond acceptors (Lipinski definition) is 5. The van der Waals surface area contributed by atoms with Crippen molar-refractivity contribution in [2.45, 2.75) is 11.8 Å². The summed E-state index contributed by atoms with van der Waals surface area (Å²) in [4.78, 5) is 4.42. The van der Waals surface area contributed by atoms with Crippen LogP contribution < -0.4 is 5.32 Å². The minimum absolute atomic E-state index is 0.0214. The highest BCUT2D eigenvalue weighted by Crippen LogP contribution is 2.24. The number of benzene rings is 2. The van der Waals surface area contributed by atoms with Crippen molar-refractivity contribution >= 4 is 38.3 Å². The standard InChI is InChI=1S/C18H17ClN2O3S/c1-13-2-5-15(6-3-13)25(22,23)24-11-10-21-17-8-9-20-18-12-14(19)4-7-16(17)18/h2-9,12H,10-11H2,1H3,(H,20,21). The van der Waals surface area contributed by atoms with Crippen molar-refractivity contribution in [3.63, 3.8) is 0 Å². The van der Waals surface area contributed by atoms with Crippen molar-refractivity contribution in [3.8, 4) is 0 Å². The minimum Gasteiger partial charge on any atom is -0.382 e. The Morgan fingerprint density at radius 2 is 1.88 bits per heavy atom. The fraction of sp³-hybridized carbons (Fsp3) is 0.167. The number of pyridine rings is 1. The molecule has 1 N–H and O–H groups in total. The van der Waals surface area contributed by atoms with E-state index < -0.39 is 10.1 Å². The maximum absolute atomic E-state index is 12.1. The lowest BCUT2D eigenvalue weighted by atomic mass is 10.2. The van der Waals surface area contributed by atoms with E-state index in [-0.39, 0.29) is 11.5 Å². The summed E-state index contributed by atoms with van der Waals surface area (Å²) in [5, 5.41) is 4.69. The second-order valence-corrected chi connectivity index (χ2v) is 7.59. The highest BCUT2D eigenvalue weighted by molar-refractivity contribution is 7.86. The molecule has 25 heavy (non-hydrogen) atoms. The van der Waals surface area contributed by atoms with Gasteiger partial charge in [0.05, 0.1) is 17.0 Å². The fourth-order valence-corrected chi connectivity index (χ4v) is 3.46. The summed E-state index contributed by atoms with van der Waals surface area (Å²) >= 11 is 5.97. The summed E-state index contributed by atoms with van der Waals surface area (Å²) < 4.78 is 29.3. The van der Waals surface area contributed by atoms with Crippen LogP contribution in [0.3, 0.4) is 0 Å². The van der Waals surface area contributed by atoms with Crippen molar-refractivity contribution in [1.29, 1.82) is 0 Å². The Labute approximate surface area is 151 Å². The quantitative estimate of drug-likeness (QED) is 0.520. The highest BCUT2D eigenvalue weighted by Gasteiger charge is 2.14. The van der Waals surface area contributed by atoms with Crippen molar-refractivity contribution in [2.24, 2.45) is 0 Å². The molecule has 130 valence electrons. The minimum atomic E-state index is -3.75. The first-order valence-corrected chi connectivity index (χ1v) is 9.48. The van der Waals surface area contributed by atoms with Crippen LogP contribution in [0, 0.1) is 6.92 Å². The molecule has 0 unspecified atom stereocenters. The molecule has 0 spiro atoms. The van der Waals surface area contributed by atoms with Gasteiger partial charge in [0.25, 0.3) is 10.1 Å². The number of halogens is 1. The van der Waals surface area contributed by atoms with Gasteiger partial charge >= 0.3 is 0 Å². The molecular weight excluding hydrogens is 360 g/mol.